The number of rotatable bonds is 22. The number of carboxylic acids is 1. The second-order valence-corrected chi connectivity index (χ2v) is 12.4. The Bertz CT molecular complexity index is 796. The molecule has 7 atom stereocenters. The number of esters is 3. The molecule has 0 heterocycles. The molecule has 0 bridgehead atoms. The number of hydrogen-bond donors (Lipinski definition) is 1. The monoisotopic (exact) mass is 596 g/mol. The summed E-state index contributed by atoms with van der Waals surface area (Å²) < 4.78 is 17.1. The Morgan fingerprint density at radius 3 is 1.10 bits per heavy atom. The van der Waals surface area contributed by atoms with Crippen molar-refractivity contribution >= 4 is 23.9 Å². The van der Waals surface area contributed by atoms with Crippen LogP contribution in [0.2, 0.25) is 0 Å². The summed E-state index contributed by atoms with van der Waals surface area (Å²) in [6.45, 7) is 13.2. The van der Waals surface area contributed by atoms with Crippen molar-refractivity contribution in [3.8, 4) is 0 Å². The highest BCUT2D eigenvalue weighted by atomic mass is 16.5. The summed E-state index contributed by atoms with van der Waals surface area (Å²) in [5.41, 5.74) is 0. The van der Waals surface area contributed by atoms with Crippen LogP contribution < -0.4 is 0 Å². The number of ether oxygens (including phenoxy) is 3. The minimum absolute atomic E-state index is 0.0983. The van der Waals surface area contributed by atoms with E-state index in [1.54, 1.807) is 0 Å². The van der Waals surface area contributed by atoms with E-state index in [0.29, 0.717) is 0 Å². The maximum Gasteiger partial charge on any atom is 0.309 e. The van der Waals surface area contributed by atoms with E-state index < -0.39 is 47.5 Å². The van der Waals surface area contributed by atoms with Crippen LogP contribution in [0.4, 0.5) is 0 Å². The molecule has 0 amide bonds. The second-order valence-electron chi connectivity index (χ2n) is 12.4. The van der Waals surface area contributed by atoms with Gasteiger partial charge in [0.25, 0.3) is 0 Å². The molecule has 7 unspecified atom stereocenters. The average molecular weight is 597 g/mol. The van der Waals surface area contributed by atoms with Gasteiger partial charge < -0.3 is 19.3 Å². The standard InChI is InChI=1S/C34H60O8/c1-7-13-16-24(10-4)21-40-32(37)28-20-30(34(39)42-23-26(12-6)18-15-9-3)29(19-27(28)31(35)36)33(38)41-22-25(11-5)17-14-8-2/h24-30H,7-23H2,1-6H3,(H,35,36). The molecular formula is C34H60O8. The third kappa shape index (κ3) is 13.0. The molecule has 1 fully saturated rings. The molecule has 0 radical (unpaired) electrons. The summed E-state index contributed by atoms with van der Waals surface area (Å²) >= 11 is 0. The van der Waals surface area contributed by atoms with Crippen LogP contribution in [0.5, 0.6) is 0 Å². The Hall–Kier alpha value is -2.12. The molecule has 1 rings (SSSR count). The summed E-state index contributed by atoms with van der Waals surface area (Å²) in [6.07, 6.45) is 11.4. The van der Waals surface area contributed by atoms with Crippen LogP contribution >= 0.6 is 0 Å². The van der Waals surface area contributed by atoms with Crippen molar-refractivity contribution in [3.05, 3.63) is 0 Å². The lowest BCUT2D eigenvalue weighted by atomic mass is 9.68. The molecule has 1 aliphatic rings. The zero-order chi connectivity index (χ0) is 31.5. The lowest BCUT2D eigenvalue weighted by Gasteiger charge is -2.36. The number of carboxylic acid groups (broad SMARTS) is 1. The molecule has 244 valence electrons. The number of unbranched alkanes of at least 4 members (excludes halogenated alkanes) is 3. The molecule has 0 aromatic heterocycles. The third-order valence-corrected chi connectivity index (χ3v) is 9.23. The van der Waals surface area contributed by atoms with Gasteiger partial charge in [0.05, 0.1) is 43.5 Å². The van der Waals surface area contributed by atoms with Gasteiger partial charge in [0.15, 0.2) is 0 Å². The fourth-order valence-corrected chi connectivity index (χ4v) is 5.87. The van der Waals surface area contributed by atoms with E-state index in [1.807, 2.05) is 6.92 Å². The van der Waals surface area contributed by atoms with E-state index >= 15 is 0 Å². The first-order chi connectivity index (χ1) is 20.2. The lowest BCUT2D eigenvalue weighted by Crippen LogP contribution is -2.46. The van der Waals surface area contributed by atoms with Crippen molar-refractivity contribution in [2.45, 2.75) is 131 Å². The number of aliphatic carboxylic acids is 1. The summed E-state index contributed by atoms with van der Waals surface area (Å²) in [4.78, 5) is 52.5. The van der Waals surface area contributed by atoms with Crippen LogP contribution in [0.3, 0.4) is 0 Å². The molecule has 0 aliphatic heterocycles. The van der Waals surface area contributed by atoms with E-state index in [-0.39, 0.29) is 50.4 Å². The zero-order valence-corrected chi connectivity index (χ0v) is 27.4. The van der Waals surface area contributed by atoms with Crippen LogP contribution in [-0.4, -0.2) is 48.8 Å². The summed E-state index contributed by atoms with van der Waals surface area (Å²) in [7, 11) is 0. The normalized spacial score (nSPS) is 22.5. The molecule has 42 heavy (non-hydrogen) atoms. The molecule has 0 aromatic rings. The summed E-state index contributed by atoms with van der Waals surface area (Å²) in [5, 5.41) is 10.1. The SMILES string of the molecule is CCCCC(CC)COC(=O)C1CC(C(=O)OCC(CC)CCCC)C(C(=O)OCC(CC)CCCC)CC1C(=O)O. The predicted molar refractivity (Wildman–Crippen MR) is 164 cm³/mol. The Labute approximate surface area is 255 Å². The van der Waals surface area contributed by atoms with Gasteiger partial charge in [0, 0.05) is 0 Å². The Balaban J connectivity index is 3.14. The van der Waals surface area contributed by atoms with Crippen LogP contribution in [-0.2, 0) is 33.4 Å². The molecule has 0 aromatic carbocycles. The Kier molecular flexibility index (Phi) is 19.4. The highest BCUT2D eigenvalue weighted by Crippen LogP contribution is 2.41. The molecule has 1 saturated carbocycles. The van der Waals surface area contributed by atoms with Gasteiger partial charge in [-0.05, 0) is 49.9 Å². The first-order valence-electron chi connectivity index (χ1n) is 16.9. The molecule has 8 heteroatoms. The van der Waals surface area contributed by atoms with Gasteiger partial charge >= 0.3 is 23.9 Å². The van der Waals surface area contributed by atoms with E-state index in [1.165, 1.54) is 0 Å². The van der Waals surface area contributed by atoms with E-state index in [2.05, 4.69) is 34.6 Å². The van der Waals surface area contributed by atoms with Gasteiger partial charge in [-0.2, -0.15) is 0 Å². The molecule has 8 nitrogen and oxygen atoms in total. The minimum atomic E-state index is -1.17. The number of carbonyl (C=O) groups is 4. The third-order valence-electron chi connectivity index (χ3n) is 9.23. The second kappa shape index (κ2) is 21.6. The highest BCUT2D eigenvalue weighted by molar-refractivity contribution is 5.87. The smallest absolute Gasteiger partial charge is 0.309 e. The maximum atomic E-state index is 13.5. The van der Waals surface area contributed by atoms with Gasteiger partial charge in [-0.15, -0.1) is 0 Å². The van der Waals surface area contributed by atoms with Gasteiger partial charge in [0.2, 0.25) is 0 Å². The van der Waals surface area contributed by atoms with Gasteiger partial charge in [-0.3, -0.25) is 19.2 Å². The summed E-state index contributed by atoms with van der Waals surface area (Å²) in [5.74, 6) is -6.36. The molecule has 1 N–H and O–H groups in total. The quantitative estimate of drug-likeness (QED) is 0.100. The Morgan fingerprint density at radius 2 is 0.833 bits per heavy atom. The van der Waals surface area contributed by atoms with E-state index in [4.69, 9.17) is 14.2 Å². The molecule has 1 aliphatic carbocycles. The van der Waals surface area contributed by atoms with Gasteiger partial charge in [0.1, 0.15) is 0 Å². The van der Waals surface area contributed by atoms with Crippen molar-refractivity contribution in [3.63, 3.8) is 0 Å². The van der Waals surface area contributed by atoms with Crippen LogP contribution in [0.15, 0.2) is 0 Å². The highest BCUT2D eigenvalue weighted by Gasteiger charge is 2.50. The van der Waals surface area contributed by atoms with Crippen molar-refractivity contribution in [1.82, 2.24) is 0 Å². The van der Waals surface area contributed by atoms with Crippen LogP contribution in [0.1, 0.15) is 131 Å². The largest absolute Gasteiger partial charge is 0.481 e. The molecule has 0 saturated heterocycles. The summed E-state index contributed by atoms with van der Waals surface area (Å²) in [6, 6.07) is 0. The van der Waals surface area contributed by atoms with Gasteiger partial charge in [-0.25, -0.2) is 0 Å². The average Bonchev–Trinajstić information content (AvgIpc) is 3.00. The predicted octanol–water partition coefficient (Wildman–Crippen LogP) is 7.61. The molecular weight excluding hydrogens is 536 g/mol. The Morgan fingerprint density at radius 1 is 0.548 bits per heavy atom. The van der Waals surface area contributed by atoms with Gasteiger partial charge in [-0.1, -0.05) is 99.3 Å². The van der Waals surface area contributed by atoms with E-state index in [0.717, 1.165) is 77.0 Å². The topological polar surface area (TPSA) is 116 Å². The molecule has 0 spiro atoms. The number of carbonyl (C=O) groups excluding carboxylic acids is 3. The minimum Gasteiger partial charge on any atom is -0.481 e. The fraction of sp³-hybridized carbons (Fsp3) is 0.882. The first kappa shape index (κ1) is 37.9. The van der Waals surface area contributed by atoms with Crippen LogP contribution in [0.25, 0.3) is 0 Å². The zero-order valence-electron chi connectivity index (χ0n) is 27.4. The van der Waals surface area contributed by atoms with Crippen molar-refractivity contribution in [1.29, 1.82) is 0 Å². The van der Waals surface area contributed by atoms with E-state index in [9.17, 15) is 24.3 Å². The maximum absolute atomic E-state index is 13.5. The lowest BCUT2D eigenvalue weighted by molar-refractivity contribution is -0.175. The fourth-order valence-electron chi connectivity index (χ4n) is 5.87. The van der Waals surface area contributed by atoms with Crippen molar-refractivity contribution < 1.29 is 38.5 Å². The van der Waals surface area contributed by atoms with Crippen LogP contribution in [0, 0.1) is 41.4 Å². The van der Waals surface area contributed by atoms with Crippen molar-refractivity contribution in [2.24, 2.45) is 41.4 Å². The number of hydrogen-bond acceptors (Lipinski definition) is 7. The first-order valence-corrected chi connectivity index (χ1v) is 16.9. The van der Waals surface area contributed by atoms with Crippen molar-refractivity contribution in [2.75, 3.05) is 19.8 Å².